The summed E-state index contributed by atoms with van der Waals surface area (Å²) in [5.74, 6) is 1.61. The molecule has 10 rings (SSSR count). The molecule has 0 saturated carbocycles. The zero-order chi connectivity index (χ0) is 28.8. The summed E-state index contributed by atoms with van der Waals surface area (Å²) in [6.45, 7) is -0.0955. The van der Waals surface area contributed by atoms with Crippen LogP contribution in [0.25, 0.3) is 54.3 Å². The average molecular weight is 561 g/mol. The lowest BCUT2D eigenvalue weighted by atomic mass is 9.35. The molecule has 3 nitrogen and oxygen atoms in total. The van der Waals surface area contributed by atoms with Crippen molar-refractivity contribution in [2.45, 2.75) is 0 Å². The first-order valence-electron chi connectivity index (χ1n) is 15.1. The van der Waals surface area contributed by atoms with Crippen LogP contribution in [-0.4, -0.2) is 6.71 Å². The van der Waals surface area contributed by atoms with Crippen molar-refractivity contribution in [2.75, 3.05) is 4.90 Å². The molecule has 0 fully saturated rings. The molecule has 0 amide bonds. The number of para-hydroxylation sites is 3. The van der Waals surface area contributed by atoms with E-state index in [1.165, 1.54) is 37.8 Å². The highest BCUT2D eigenvalue weighted by atomic mass is 16.4. The minimum Gasteiger partial charge on any atom is -0.440 e. The van der Waals surface area contributed by atoms with Gasteiger partial charge in [0.15, 0.2) is 0 Å². The van der Waals surface area contributed by atoms with Crippen LogP contribution in [0.1, 0.15) is 0 Å². The molecule has 204 valence electrons. The molecule has 0 N–H and O–H groups in total. The van der Waals surface area contributed by atoms with E-state index in [1.54, 1.807) is 0 Å². The van der Waals surface area contributed by atoms with Gasteiger partial charge in [0.25, 0.3) is 6.71 Å². The predicted octanol–water partition coefficient (Wildman–Crippen LogP) is 8.94. The molecule has 1 aliphatic heterocycles. The van der Waals surface area contributed by atoms with Crippen LogP contribution >= 0.6 is 0 Å². The van der Waals surface area contributed by atoms with Crippen molar-refractivity contribution in [1.82, 2.24) is 0 Å². The van der Waals surface area contributed by atoms with E-state index in [-0.39, 0.29) is 6.71 Å². The second-order valence-electron chi connectivity index (χ2n) is 11.6. The van der Waals surface area contributed by atoms with E-state index in [0.29, 0.717) is 0 Å². The van der Waals surface area contributed by atoms with Crippen molar-refractivity contribution in [3.63, 3.8) is 0 Å². The Morgan fingerprint density at radius 1 is 0.386 bits per heavy atom. The van der Waals surface area contributed by atoms with E-state index < -0.39 is 0 Å². The van der Waals surface area contributed by atoms with Gasteiger partial charge in [-0.05, 0) is 56.6 Å². The molecule has 0 bridgehead atoms. The third-order valence-electron chi connectivity index (χ3n) is 9.33. The lowest BCUT2D eigenvalue weighted by Gasteiger charge is -2.30. The largest absolute Gasteiger partial charge is 0.440 e. The Labute approximate surface area is 253 Å². The summed E-state index contributed by atoms with van der Waals surface area (Å²) in [6.07, 6.45) is 0. The van der Waals surface area contributed by atoms with Crippen LogP contribution in [0, 0.1) is 0 Å². The first-order chi connectivity index (χ1) is 21.8. The lowest BCUT2D eigenvalue weighted by Crippen LogP contribution is -2.56. The Kier molecular flexibility index (Phi) is 4.80. The fraction of sp³-hybridized carbons (Fsp3) is 0. The van der Waals surface area contributed by atoms with Gasteiger partial charge >= 0.3 is 0 Å². The summed E-state index contributed by atoms with van der Waals surface area (Å²) in [5.41, 5.74) is 6.28. The maximum atomic E-state index is 6.74. The van der Waals surface area contributed by atoms with Crippen LogP contribution in [0.15, 0.2) is 154 Å². The van der Waals surface area contributed by atoms with Gasteiger partial charge in [-0.25, -0.2) is 0 Å². The normalized spacial score (nSPS) is 12.9. The van der Waals surface area contributed by atoms with Gasteiger partial charge in [-0.15, -0.1) is 0 Å². The Morgan fingerprint density at radius 3 is 1.36 bits per heavy atom. The van der Waals surface area contributed by atoms with Gasteiger partial charge in [-0.3, -0.25) is 4.90 Å². The number of furan rings is 2. The zero-order valence-electron chi connectivity index (χ0n) is 23.7. The topological polar surface area (TPSA) is 29.5 Å². The van der Waals surface area contributed by atoms with Gasteiger partial charge in [0, 0.05) is 21.7 Å². The van der Waals surface area contributed by atoms with E-state index in [9.17, 15) is 0 Å². The van der Waals surface area contributed by atoms with E-state index in [2.05, 4.69) is 132 Å². The Bertz CT molecular complexity index is 2460. The first kappa shape index (κ1) is 23.8. The molecule has 7 aromatic carbocycles. The van der Waals surface area contributed by atoms with Crippen molar-refractivity contribution >= 4 is 94.8 Å². The summed E-state index contributed by atoms with van der Waals surface area (Å²) in [5, 5.41) is 9.85. The maximum Gasteiger partial charge on any atom is 0.257 e. The Balaban J connectivity index is 1.34. The Hall–Kier alpha value is -5.74. The summed E-state index contributed by atoms with van der Waals surface area (Å²) < 4.78 is 13.5. The molecule has 44 heavy (non-hydrogen) atoms. The van der Waals surface area contributed by atoms with E-state index in [4.69, 9.17) is 8.83 Å². The SMILES string of the molecule is c1ccc(N2c3oc4ccccc4c3B(c3ccc4c5ccccc5c5ccccc5c4c3)c3c2oc2ccccc32)cc1. The highest BCUT2D eigenvalue weighted by Gasteiger charge is 2.43. The maximum absolute atomic E-state index is 6.74. The number of fused-ring (bicyclic) bond motifs is 12. The number of nitrogens with zero attached hydrogens (tertiary/aromatic N) is 1. The summed E-state index contributed by atoms with van der Waals surface area (Å²) in [4.78, 5) is 2.16. The molecule has 0 spiro atoms. The van der Waals surface area contributed by atoms with Crippen LogP contribution in [0.3, 0.4) is 0 Å². The number of rotatable bonds is 2. The van der Waals surface area contributed by atoms with Crippen LogP contribution in [0.2, 0.25) is 0 Å². The summed E-state index contributed by atoms with van der Waals surface area (Å²) in [6, 6.07) is 51.7. The highest BCUT2D eigenvalue weighted by Crippen LogP contribution is 2.42. The first-order valence-corrected chi connectivity index (χ1v) is 15.1. The second-order valence-corrected chi connectivity index (χ2v) is 11.6. The van der Waals surface area contributed by atoms with Gasteiger partial charge in [0.2, 0.25) is 11.8 Å². The van der Waals surface area contributed by atoms with Crippen LogP contribution in [-0.2, 0) is 0 Å². The second kappa shape index (κ2) is 8.89. The molecule has 0 aliphatic carbocycles. The summed E-state index contributed by atoms with van der Waals surface area (Å²) in [7, 11) is 0. The van der Waals surface area contributed by atoms with Crippen molar-refractivity contribution in [1.29, 1.82) is 0 Å². The fourth-order valence-corrected chi connectivity index (χ4v) is 7.48. The van der Waals surface area contributed by atoms with Crippen LogP contribution in [0.5, 0.6) is 0 Å². The van der Waals surface area contributed by atoms with Gasteiger partial charge in [0.05, 0.1) is 5.69 Å². The highest BCUT2D eigenvalue weighted by molar-refractivity contribution is 7.00. The monoisotopic (exact) mass is 561 g/mol. The van der Waals surface area contributed by atoms with Crippen molar-refractivity contribution in [3.05, 3.63) is 146 Å². The average Bonchev–Trinajstić information content (AvgIpc) is 3.66. The molecule has 9 aromatic rings. The third kappa shape index (κ3) is 3.17. The smallest absolute Gasteiger partial charge is 0.257 e. The van der Waals surface area contributed by atoms with Gasteiger partial charge in [-0.1, -0.05) is 127 Å². The molecule has 4 heteroatoms. The quantitative estimate of drug-likeness (QED) is 0.156. The molecule has 3 heterocycles. The fourth-order valence-electron chi connectivity index (χ4n) is 7.48. The van der Waals surface area contributed by atoms with Crippen LogP contribution < -0.4 is 21.3 Å². The molecule has 2 aromatic heterocycles. The van der Waals surface area contributed by atoms with Gasteiger partial charge in [0.1, 0.15) is 11.2 Å². The Morgan fingerprint density at radius 2 is 0.818 bits per heavy atom. The lowest BCUT2D eigenvalue weighted by molar-refractivity contribution is 0.585. The molecule has 0 unspecified atom stereocenters. The molecule has 0 saturated heterocycles. The van der Waals surface area contributed by atoms with Crippen LogP contribution in [0.4, 0.5) is 17.5 Å². The molecular formula is C40H24BNO2. The van der Waals surface area contributed by atoms with Crippen molar-refractivity contribution in [2.24, 2.45) is 0 Å². The number of hydrogen-bond donors (Lipinski definition) is 0. The minimum absolute atomic E-state index is 0.0955. The van der Waals surface area contributed by atoms with Crippen molar-refractivity contribution in [3.8, 4) is 0 Å². The number of benzene rings is 7. The zero-order valence-corrected chi connectivity index (χ0v) is 23.7. The van der Waals surface area contributed by atoms with Gasteiger partial charge < -0.3 is 8.83 Å². The van der Waals surface area contributed by atoms with E-state index >= 15 is 0 Å². The predicted molar refractivity (Wildman–Crippen MR) is 184 cm³/mol. The minimum atomic E-state index is -0.0955. The van der Waals surface area contributed by atoms with Gasteiger partial charge in [-0.2, -0.15) is 0 Å². The number of hydrogen-bond acceptors (Lipinski definition) is 3. The molecule has 1 aliphatic rings. The standard InChI is InChI=1S/C40H24BNO2/c1-2-12-26(13-3-1)42-39-37(32-18-8-10-20-35(32)43-39)41(38-33-19-9-11-21-36(33)44-40(38)42)25-22-23-31-29-16-5-4-14-27(29)28-15-6-7-17-30(28)34(31)24-25/h1-24H. The van der Waals surface area contributed by atoms with E-state index in [1.807, 2.05) is 18.2 Å². The van der Waals surface area contributed by atoms with E-state index in [0.717, 1.165) is 50.3 Å². The number of anilines is 3. The van der Waals surface area contributed by atoms with Crippen molar-refractivity contribution < 1.29 is 8.83 Å². The molecular weight excluding hydrogens is 537 g/mol. The summed E-state index contributed by atoms with van der Waals surface area (Å²) >= 11 is 0. The molecule has 0 radical (unpaired) electrons. The molecule has 0 atom stereocenters. The third-order valence-corrected chi connectivity index (χ3v) is 9.33.